The van der Waals surface area contributed by atoms with E-state index >= 15 is 0 Å². The number of rotatable bonds is 9. The molecule has 0 saturated carbocycles. The highest BCUT2D eigenvalue weighted by atomic mass is 32.2. The first kappa shape index (κ1) is 32.3. The Morgan fingerprint density at radius 1 is 1.00 bits per heavy atom. The monoisotopic (exact) mass is 605 g/mol. The van der Waals surface area contributed by atoms with Crippen molar-refractivity contribution in [2.75, 3.05) is 19.8 Å². The summed E-state index contributed by atoms with van der Waals surface area (Å²) >= 11 is 0. The zero-order chi connectivity index (χ0) is 30.5. The molecule has 226 valence electrons. The van der Waals surface area contributed by atoms with E-state index in [0.717, 1.165) is 30.4 Å². The number of allylic oxidation sites excluding steroid dienone is 3. The molecule has 7 heteroatoms. The zero-order valence-electron chi connectivity index (χ0n) is 26.3. The van der Waals surface area contributed by atoms with Gasteiger partial charge in [-0.05, 0) is 79.1 Å². The molecule has 4 rings (SSSR count). The topological polar surface area (TPSA) is 55.8 Å². The molecule has 0 radical (unpaired) electrons. The van der Waals surface area contributed by atoms with Gasteiger partial charge in [0.2, 0.25) is 0 Å². The van der Waals surface area contributed by atoms with E-state index in [1.54, 1.807) is 6.08 Å². The Hall–Kier alpha value is -2.58. The SMILES string of the molecule is CCOC(=O)/C=C1/C=C2CN([S@](=O)C(C)(C)C)[C@H](CCO[Si](c3ccccc3)(c3ccccc3)C(C)(C)C)C2=CCC1. The summed E-state index contributed by atoms with van der Waals surface area (Å²) in [5, 5.41) is 2.40. The molecular formula is C35H47NO4SSi. The van der Waals surface area contributed by atoms with Gasteiger partial charge in [-0.15, -0.1) is 0 Å². The summed E-state index contributed by atoms with van der Waals surface area (Å²) in [5.41, 5.74) is 3.31. The standard InChI is InChI=1S/C35H47NO4SSi/c1-8-39-33(37)25-27-16-15-21-31-28(24-27)26-36(41(38)34(2,3)4)32(31)22-23-40-42(35(5,6)7,29-17-11-9-12-18-29)30-19-13-10-14-20-30/h9-14,17-21,24-25,32H,8,15-16,22-23,26H2,1-7H3/b27-25+/t32-,41-/m1/s1. The van der Waals surface area contributed by atoms with Gasteiger partial charge in [0.15, 0.2) is 0 Å². The lowest BCUT2D eigenvalue weighted by Crippen LogP contribution is -2.66. The zero-order valence-corrected chi connectivity index (χ0v) is 28.1. The van der Waals surface area contributed by atoms with E-state index in [2.05, 4.69) is 97.9 Å². The van der Waals surface area contributed by atoms with E-state index in [0.29, 0.717) is 19.8 Å². The van der Waals surface area contributed by atoms with Crippen molar-refractivity contribution in [3.05, 3.63) is 95.6 Å². The van der Waals surface area contributed by atoms with Gasteiger partial charge in [-0.2, -0.15) is 0 Å². The molecule has 0 N–H and O–H groups in total. The molecule has 0 spiro atoms. The molecule has 2 aliphatic rings. The molecule has 0 unspecified atom stereocenters. The quantitative estimate of drug-likeness (QED) is 0.193. The summed E-state index contributed by atoms with van der Waals surface area (Å²) in [6, 6.07) is 21.4. The highest BCUT2D eigenvalue weighted by Gasteiger charge is 2.50. The molecule has 5 nitrogen and oxygen atoms in total. The molecule has 2 aromatic rings. The van der Waals surface area contributed by atoms with Crippen molar-refractivity contribution in [1.82, 2.24) is 4.31 Å². The lowest BCUT2D eigenvalue weighted by Gasteiger charge is -2.43. The number of hydrogen-bond acceptors (Lipinski definition) is 4. The number of nitrogens with zero attached hydrogens (tertiary/aromatic N) is 1. The van der Waals surface area contributed by atoms with E-state index in [4.69, 9.17) is 9.16 Å². The van der Waals surface area contributed by atoms with Crippen LogP contribution in [-0.4, -0.2) is 53.3 Å². The smallest absolute Gasteiger partial charge is 0.331 e. The van der Waals surface area contributed by atoms with E-state index in [9.17, 15) is 9.00 Å². The van der Waals surface area contributed by atoms with Gasteiger partial charge in [-0.25, -0.2) is 13.3 Å². The van der Waals surface area contributed by atoms with Crippen LogP contribution in [0.25, 0.3) is 0 Å². The maximum atomic E-state index is 13.9. The fourth-order valence-electron chi connectivity index (χ4n) is 6.18. The van der Waals surface area contributed by atoms with Crippen LogP contribution < -0.4 is 10.4 Å². The van der Waals surface area contributed by atoms with Gasteiger partial charge in [0, 0.05) is 25.3 Å². The Bertz CT molecular complexity index is 1310. The summed E-state index contributed by atoms with van der Waals surface area (Å²) in [7, 11) is -3.89. The van der Waals surface area contributed by atoms with Gasteiger partial charge in [-0.1, -0.05) is 93.6 Å². The highest BCUT2D eigenvalue weighted by Crippen LogP contribution is 2.40. The summed E-state index contributed by atoms with van der Waals surface area (Å²) in [6.45, 7) is 16.3. The minimum Gasteiger partial charge on any atom is -0.463 e. The predicted molar refractivity (Wildman–Crippen MR) is 177 cm³/mol. The number of carbonyl (C=O) groups is 1. The fourth-order valence-corrected chi connectivity index (χ4v) is 12.2. The molecular weight excluding hydrogens is 559 g/mol. The molecule has 1 aliphatic heterocycles. The van der Waals surface area contributed by atoms with Crippen molar-refractivity contribution in [2.45, 2.75) is 83.6 Å². The first-order chi connectivity index (χ1) is 19.9. The molecule has 0 amide bonds. The van der Waals surface area contributed by atoms with Crippen molar-refractivity contribution >= 4 is 35.6 Å². The van der Waals surface area contributed by atoms with Gasteiger partial charge in [0.05, 0.1) is 11.4 Å². The summed E-state index contributed by atoms with van der Waals surface area (Å²) in [4.78, 5) is 12.2. The van der Waals surface area contributed by atoms with Crippen molar-refractivity contribution in [3.8, 4) is 0 Å². The number of fused-ring (bicyclic) bond motifs is 1. The third kappa shape index (κ3) is 6.96. The number of ether oxygens (including phenoxy) is 1. The maximum Gasteiger partial charge on any atom is 0.331 e. The molecule has 1 fully saturated rings. The maximum absolute atomic E-state index is 13.9. The van der Waals surface area contributed by atoms with Gasteiger partial charge in [0.25, 0.3) is 8.32 Å². The molecule has 1 heterocycles. The van der Waals surface area contributed by atoms with Crippen LogP contribution in [-0.2, 0) is 24.9 Å². The number of carbonyl (C=O) groups excluding carboxylic acids is 1. The van der Waals surface area contributed by atoms with Crippen LogP contribution >= 0.6 is 0 Å². The van der Waals surface area contributed by atoms with E-state index in [1.807, 2.05) is 27.7 Å². The van der Waals surface area contributed by atoms with Crippen LogP contribution in [0.1, 0.15) is 67.7 Å². The molecule has 0 bridgehead atoms. The van der Waals surface area contributed by atoms with E-state index in [1.165, 1.54) is 15.9 Å². The Balaban J connectivity index is 1.69. The summed E-state index contributed by atoms with van der Waals surface area (Å²) in [5.74, 6) is -0.309. The molecule has 1 saturated heterocycles. The Morgan fingerprint density at radius 2 is 1.60 bits per heavy atom. The number of esters is 1. The van der Waals surface area contributed by atoms with Gasteiger partial charge in [-0.3, -0.25) is 0 Å². The second kappa shape index (κ2) is 13.4. The third-order valence-electron chi connectivity index (χ3n) is 8.01. The summed E-state index contributed by atoms with van der Waals surface area (Å²) < 4.78 is 28.0. The number of hydrogen-bond donors (Lipinski definition) is 0. The predicted octanol–water partition coefficient (Wildman–Crippen LogP) is 6.24. The Morgan fingerprint density at radius 3 is 2.12 bits per heavy atom. The molecule has 2 atom stereocenters. The average molecular weight is 606 g/mol. The fraction of sp³-hybridized carbons (Fsp3) is 0.457. The normalized spacial score (nSPS) is 20.0. The largest absolute Gasteiger partial charge is 0.463 e. The van der Waals surface area contributed by atoms with Crippen molar-refractivity contribution < 1.29 is 18.2 Å². The van der Waals surface area contributed by atoms with Crippen LogP contribution in [0.2, 0.25) is 5.04 Å². The van der Waals surface area contributed by atoms with Gasteiger partial charge < -0.3 is 9.16 Å². The number of benzene rings is 2. The van der Waals surface area contributed by atoms with Crippen molar-refractivity contribution in [3.63, 3.8) is 0 Å². The van der Waals surface area contributed by atoms with Crippen LogP contribution in [0.3, 0.4) is 0 Å². The third-order valence-corrected chi connectivity index (χ3v) is 14.9. The first-order valence-electron chi connectivity index (χ1n) is 15.1. The highest BCUT2D eigenvalue weighted by molar-refractivity contribution is 7.84. The molecule has 1 aliphatic carbocycles. The second-order valence-corrected chi connectivity index (χ2v) is 19.6. The molecule has 0 aromatic heterocycles. The minimum absolute atomic E-state index is 0.0310. The first-order valence-corrected chi connectivity index (χ1v) is 18.1. The van der Waals surface area contributed by atoms with Crippen LogP contribution in [0.15, 0.2) is 95.6 Å². The van der Waals surface area contributed by atoms with Crippen LogP contribution in [0.4, 0.5) is 0 Å². The van der Waals surface area contributed by atoms with Crippen LogP contribution in [0, 0.1) is 0 Å². The Kier molecular flexibility index (Phi) is 10.3. The average Bonchev–Trinajstić information content (AvgIpc) is 3.13. The summed E-state index contributed by atoms with van der Waals surface area (Å²) in [6.07, 6.45) is 8.34. The molecule has 42 heavy (non-hydrogen) atoms. The van der Waals surface area contributed by atoms with Crippen molar-refractivity contribution in [1.29, 1.82) is 0 Å². The lowest BCUT2D eigenvalue weighted by atomic mass is 10.0. The van der Waals surface area contributed by atoms with Crippen LogP contribution in [0.5, 0.6) is 0 Å². The van der Waals surface area contributed by atoms with Crippen molar-refractivity contribution in [2.24, 2.45) is 0 Å². The lowest BCUT2D eigenvalue weighted by molar-refractivity contribution is -0.137. The minimum atomic E-state index is -2.69. The Labute approximate surface area is 256 Å². The molecule has 2 aromatic carbocycles. The van der Waals surface area contributed by atoms with Gasteiger partial charge in [0.1, 0.15) is 11.0 Å². The van der Waals surface area contributed by atoms with E-state index < -0.39 is 24.1 Å². The second-order valence-electron chi connectivity index (χ2n) is 13.1. The van der Waals surface area contributed by atoms with Gasteiger partial charge >= 0.3 is 5.97 Å². The van der Waals surface area contributed by atoms with E-state index in [-0.39, 0.29) is 17.0 Å².